The van der Waals surface area contributed by atoms with Crippen LogP contribution in [0.5, 0.6) is 0 Å². The molecule has 1 aromatic rings. The van der Waals surface area contributed by atoms with Crippen LogP contribution in [0.15, 0.2) is 24.3 Å². The topological polar surface area (TPSA) is 40.6 Å². The molecule has 2 fully saturated rings. The molecule has 1 aromatic carbocycles. The highest BCUT2D eigenvalue weighted by Gasteiger charge is 2.45. The normalized spacial score (nSPS) is 23.5. The monoisotopic (exact) mass is 320 g/mol. The van der Waals surface area contributed by atoms with Crippen molar-refractivity contribution < 1.29 is 9.59 Å². The van der Waals surface area contributed by atoms with Crippen molar-refractivity contribution in [3.8, 4) is 0 Å². The van der Waals surface area contributed by atoms with Crippen molar-refractivity contribution in [3.63, 3.8) is 0 Å². The third kappa shape index (κ3) is 3.27. The van der Waals surface area contributed by atoms with E-state index in [4.69, 9.17) is 11.6 Å². The van der Waals surface area contributed by atoms with Gasteiger partial charge in [-0.15, -0.1) is 0 Å². The highest BCUT2D eigenvalue weighted by Crippen LogP contribution is 2.48. The Labute approximate surface area is 136 Å². The summed E-state index contributed by atoms with van der Waals surface area (Å²) in [6.07, 6.45) is 2.99. The predicted octanol–water partition coefficient (Wildman–Crippen LogP) is 2.52. The number of nitrogens with zero attached hydrogens (tertiary/aromatic N) is 2. The number of amides is 2. The molecule has 22 heavy (non-hydrogen) atoms. The Morgan fingerprint density at radius 3 is 2.73 bits per heavy atom. The molecule has 1 saturated heterocycles. The summed E-state index contributed by atoms with van der Waals surface area (Å²) in [6, 6.07) is 7.69. The van der Waals surface area contributed by atoms with Crippen LogP contribution >= 0.6 is 11.6 Å². The molecule has 0 spiro atoms. The van der Waals surface area contributed by atoms with Crippen LogP contribution < -0.4 is 0 Å². The van der Waals surface area contributed by atoms with E-state index in [1.54, 1.807) is 11.9 Å². The second-order valence-corrected chi connectivity index (χ2v) is 6.72. The molecule has 3 rings (SSSR count). The smallest absolute Gasteiger partial charge is 0.242 e. The summed E-state index contributed by atoms with van der Waals surface area (Å²) in [7, 11) is 1.73. The Morgan fingerprint density at radius 2 is 2.05 bits per heavy atom. The van der Waals surface area contributed by atoms with E-state index in [9.17, 15) is 9.59 Å². The molecular formula is C17H21ClN2O2. The number of benzene rings is 1. The van der Waals surface area contributed by atoms with Gasteiger partial charge in [-0.1, -0.05) is 23.7 Å². The Morgan fingerprint density at radius 1 is 1.32 bits per heavy atom. The molecule has 0 bridgehead atoms. The number of carbonyl (C=O) groups excluding carboxylic acids is 2. The number of hydrogen-bond acceptors (Lipinski definition) is 2. The molecule has 0 unspecified atom stereocenters. The minimum absolute atomic E-state index is 0.00477. The van der Waals surface area contributed by atoms with Gasteiger partial charge in [0.05, 0.1) is 6.54 Å². The van der Waals surface area contributed by atoms with Crippen LogP contribution in [0, 0.1) is 5.92 Å². The van der Waals surface area contributed by atoms with Crippen LogP contribution in [0.2, 0.25) is 5.02 Å². The van der Waals surface area contributed by atoms with Crippen LogP contribution in [0.25, 0.3) is 0 Å². The maximum Gasteiger partial charge on any atom is 0.242 e. The van der Waals surface area contributed by atoms with Crippen molar-refractivity contribution in [1.82, 2.24) is 9.80 Å². The zero-order valence-corrected chi connectivity index (χ0v) is 13.6. The van der Waals surface area contributed by atoms with Gasteiger partial charge in [0.1, 0.15) is 0 Å². The molecule has 1 aliphatic heterocycles. The van der Waals surface area contributed by atoms with Gasteiger partial charge < -0.3 is 9.80 Å². The van der Waals surface area contributed by atoms with Crippen molar-refractivity contribution in [2.45, 2.75) is 25.2 Å². The maximum absolute atomic E-state index is 12.4. The minimum atomic E-state index is -0.00477. The fourth-order valence-electron chi connectivity index (χ4n) is 3.20. The van der Waals surface area contributed by atoms with Crippen molar-refractivity contribution in [1.29, 1.82) is 0 Å². The van der Waals surface area contributed by atoms with Gasteiger partial charge in [-0.2, -0.15) is 0 Å². The van der Waals surface area contributed by atoms with E-state index in [0.29, 0.717) is 5.02 Å². The Hall–Kier alpha value is -1.55. The highest BCUT2D eigenvalue weighted by molar-refractivity contribution is 6.30. The van der Waals surface area contributed by atoms with Gasteiger partial charge in [0.2, 0.25) is 11.8 Å². The summed E-state index contributed by atoms with van der Waals surface area (Å²) in [5, 5.41) is 0.702. The first kappa shape index (κ1) is 15.3. The lowest BCUT2D eigenvalue weighted by atomic mass is 10.1. The molecule has 4 nitrogen and oxygen atoms in total. The second-order valence-electron chi connectivity index (χ2n) is 6.29. The Kier molecular flexibility index (Phi) is 4.39. The number of halogens is 1. The van der Waals surface area contributed by atoms with Gasteiger partial charge in [0.15, 0.2) is 0 Å². The van der Waals surface area contributed by atoms with Gasteiger partial charge in [-0.3, -0.25) is 9.59 Å². The number of likely N-dealkylation sites (N-methyl/N-ethyl adjacent to an activating group) is 1. The summed E-state index contributed by atoms with van der Waals surface area (Å²) in [4.78, 5) is 28.0. The molecule has 0 radical (unpaired) electrons. The molecule has 0 aromatic heterocycles. The lowest BCUT2D eigenvalue weighted by Crippen LogP contribution is -2.40. The molecule has 2 atom stereocenters. The van der Waals surface area contributed by atoms with E-state index in [1.807, 2.05) is 29.2 Å². The maximum atomic E-state index is 12.4. The van der Waals surface area contributed by atoms with Gasteiger partial charge in [-0.05, 0) is 42.9 Å². The summed E-state index contributed by atoms with van der Waals surface area (Å²) >= 11 is 6.00. The fourth-order valence-corrected chi connectivity index (χ4v) is 3.40. The third-order valence-electron chi connectivity index (χ3n) is 4.59. The lowest BCUT2D eigenvalue weighted by molar-refractivity contribution is -0.139. The fraction of sp³-hybridized carbons (Fsp3) is 0.529. The van der Waals surface area contributed by atoms with E-state index in [2.05, 4.69) is 0 Å². The third-order valence-corrected chi connectivity index (χ3v) is 4.83. The molecule has 0 N–H and O–H groups in total. The SMILES string of the molecule is CN(CC(=O)N1CCCC1)C(=O)[C@H]1C[C@H]1c1cccc(Cl)c1. The van der Waals surface area contributed by atoms with Crippen LogP contribution in [-0.2, 0) is 9.59 Å². The molecule has 1 saturated carbocycles. The zero-order chi connectivity index (χ0) is 15.7. The Bertz CT molecular complexity index is 584. The van der Waals surface area contributed by atoms with Crippen LogP contribution in [-0.4, -0.2) is 48.3 Å². The Balaban J connectivity index is 1.55. The summed E-state index contributed by atoms with van der Waals surface area (Å²) in [5.41, 5.74) is 1.12. The van der Waals surface area contributed by atoms with Crippen molar-refractivity contribution in [2.24, 2.45) is 5.92 Å². The first-order chi connectivity index (χ1) is 10.6. The first-order valence-corrected chi connectivity index (χ1v) is 8.22. The average Bonchev–Trinajstić information content (AvgIpc) is 3.10. The van der Waals surface area contributed by atoms with E-state index in [-0.39, 0.29) is 30.2 Å². The zero-order valence-electron chi connectivity index (χ0n) is 12.8. The largest absolute Gasteiger partial charge is 0.341 e. The molecule has 1 heterocycles. The van der Waals surface area contributed by atoms with E-state index >= 15 is 0 Å². The number of carbonyl (C=O) groups is 2. The molecular weight excluding hydrogens is 300 g/mol. The van der Waals surface area contributed by atoms with Gasteiger partial charge in [0, 0.05) is 31.1 Å². The van der Waals surface area contributed by atoms with Crippen molar-refractivity contribution in [2.75, 3.05) is 26.7 Å². The number of likely N-dealkylation sites (tertiary alicyclic amines) is 1. The average molecular weight is 321 g/mol. The second kappa shape index (κ2) is 6.29. The number of rotatable bonds is 4. The van der Waals surface area contributed by atoms with E-state index in [1.165, 1.54) is 0 Å². The molecule has 118 valence electrons. The van der Waals surface area contributed by atoms with Crippen molar-refractivity contribution in [3.05, 3.63) is 34.9 Å². The van der Waals surface area contributed by atoms with Crippen LogP contribution in [0.3, 0.4) is 0 Å². The minimum Gasteiger partial charge on any atom is -0.341 e. The molecule has 1 aliphatic carbocycles. The lowest BCUT2D eigenvalue weighted by Gasteiger charge is -2.21. The quantitative estimate of drug-likeness (QED) is 0.855. The van der Waals surface area contributed by atoms with E-state index in [0.717, 1.165) is 37.9 Å². The summed E-state index contributed by atoms with van der Waals surface area (Å²) in [5.74, 6) is 0.371. The summed E-state index contributed by atoms with van der Waals surface area (Å²) in [6.45, 7) is 1.85. The molecule has 5 heteroatoms. The predicted molar refractivity (Wildman–Crippen MR) is 85.8 cm³/mol. The van der Waals surface area contributed by atoms with Crippen LogP contribution in [0.1, 0.15) is 30.7 Å². The van der Waals surface area contributed by atoms with Gasteiger partial charge in [0.25, 0.3) is 0 Å². The first-order valence-electron chi connectivity index (χ1n) is 7.84. The van der Waals surface area contributed by atoms with E-state index < -0.39 is 0 Å². The molecule has 2 aliphatic rings. The van der Waals surface area contributed by atoms with Crippen molar-refractivity contribution >= 4 is 23.4 Å². The number of hydrogen-bond donors (Lipinski definition) is 0. The standard InChI is InChI=1S/C17H21ClN2O2/c1-19(11-16(21)20-7-2-3-8-20)17(22)15-10-14(15)12-5-4-6-13(18)9-12/h4-6,9,14-15H,2-3,7-8,10-11H2,1H3/t14-,15-/m0/s1. The summed E-state index contributed by atoms with van der Waals surface area (Å²) < 4.78 is 0. The molecule has 2 amide bonds. The highest BCUT2D eigenvalue weighted by atomic mass is 35.5. The van der Waals surface area contributed by atoms with Gasteiger partial charge >= 0.3 is 0 Å². The van der Waals surface area contributed by atoms with Gasteiger partial charge in [-0.25, -0.2) is 0 Å². The van der Waals surface area contributed by atoms with Crippen LogP contribution in [0.4, 0.5) is 0 Å².